The molecule has 2 heterocycles. The summed E-state index contributed by atoms with van der Waals surface area (Å²) in [5.41, 5.74) is 0.312. The summed E-state index contributed by atoms with van der Waals surface area (Å²) in [6.07, 6.45) is 2.79. The predicted octanol–water partition coefficient (Wildman–Crippen LogP) is 3.65. The Kier molecular flexibility index (Phi) is 8.11. The third-order valence-corrected chi connectivity index (χ3v) is 8.53. The van der Waals surface area contributed by atoms with Crippen LogP contribution in [0.2, 0.25) is 5.02 Å². The Labute approximate surface area is 216 Å². The van der Waals surface area contributed by atoms with E-state index in [1.54, 1.807) is 0 Å². The highest BCUT2D eigenvalue weighted by molar-refractivity contribution is 7.99. The standard InChI is InChI=1S/C22H23ClN4O5S3/c1-12-19(34-16-4-2-3-14(23)6-16)8-20(33-12)21(29)17-9-25-11-26-22(17)27-15-5-13(18(28)7-15)10-32-35(24,30)31/h2-4,6,8-9,11,13,15,18,28H,5,7,10H2,1H3,(H2,24,30,31)(H,25,26,27)/t13-,15-,18+/m1/s1. The lowest BCUT2D eigenvalue weighted by Gasteiger charge is -2.15. The first-order valence-electron chi connectivity index (χ1n) is 10.6. The third-order valence-electron chi connectivity index (χ3n) is 5.52. The molecule has 1 aliphatic carbocycles. The highest BCUT2D eigenvalue weighted by Gasteiger charge is 2.35. The Balaban J connectivity index is 1.48. The second-order valence-electron chi connectivity index (χ2n) is 8.12. The number of nitrogens with zero attached hydrogens (tertiary/aromatic N) is 2. The quantitative estimate of drug-likeness (QED) is 0.337. The molecule has 0 amide bonds. The number of aromatic nitrogens is 2. The van der Waals surface area contributed by atoms with E-state index in [2.05, 4.69) is 19.5 Å². The van der Waals surface area contributed by atoms with Crippen LogP contribution in [0.4, 0.5) is 5.82 Å². The molecule has 1 aromatic carbocycles. The fourth-order valence-corrected chi connectivity index (χ4v) is 6.57. The zero-order valence-electron chi connectivity index (χ0n) is 18.5. The molecule has 186 valence electrons. The van der Waals surface area contributed by atoms with E-state index in [1.165, 1.54) is 35.6 Å². The predicted molar refractivity (Wildman–Crippen MR) is 135 cm³/mol. The second kappa shape index (κ2) is 10.9. The summed E-state index contributed by atoms with van der Waals surface area (Å²) in [6, 6.07) is 9.13. The molecule has 4 rings (SSSR count). The third kappa shape index (κ3) is 6.79. The maximum atomic E-state index is 13.4. The number of rotatable bonds is 9. The Morgan fingerprint density at radius 2 is 2.17 bits per heavy atom. The summed E-state index contributed by atoms with van der Waals surface area (Å²) >= 11 is 9.01. The lowest BCUT2D eigenvalue weighted by atomic mass is 10.1. The number of nitrogens with two attached hydrogens (primary N) is 1. The van der Waals surface area contributed by atoms with E-state index in [1.807, 2.05) is 37.3 Å². The number of anilines is 1. The molecular formula is C22H23ClN4O5S3. The molecule has 9 nitrogen and oxygen atoms in total. The van der Waals surface area contributed by atoms with Crippen LogP contribution in [0.1, 0.15) is 33.0 Å². The van der Waals surface area contributed by atoms with Crippen LogP contribution in [0, 0.1) is 12.8 Å². The van der Waals surface area contributed by atoms with Crippen LogP contribution in [-0.2, 0) is 14.5 Å². The number of hydrogen-bond donors (Lipinski definition) is 3. The van der Waals surface area contributed by atoms with Gasteiger partial charge in [-0.3, -0.25) is 8.98 Å². The van der Waals surface area contributed by atoms with Crippen LogP contribution in [-0.4, -0.2) is 48.0 Å². The molecule has 1 fully saturated rings. The summed E-state index contributed by atoms with van der Waals surface area (Å²) < 4.78 is 26.8. The first kappa shape index (κ1) is 26.0. The number of carbonyl (C=O) groups excluding carboxylic acids is 1. The topological polar surface area (TPSA) is 144 Å². The number of aliphatic hydroxyl groups excluding tert-OH is 1. The fraction of sp³-hybridized carbons (Fsp3) is 0.318. The Hall–Kier alpha value is -2.06. The Bertz CT molecular complexity index is 1330. The summed E-state index contributed by atoms with van der Waals surface area (Å²) in [4.78, 5) is 25.1. The van der Waals surface area contributed by atoms with Crippen molar-refractivity contribution in [1.82, 2.24) is 9.97 Å². The lowest BCUT2D eigenvalue weighted by molar-refractivity contribution is 0.101. The van der Waals surface area contributed by atoms with Gasteiger partial charge in [0.1, 0.15) is 12.1 Å². The average Bonchev–Trinajstić information content (AvgIpc) is 3.33. The van der Waals surface area contributed by atoms with E-state index in [0.717, 1.165) is 14.7 Å². The molecule has 4 N–H and O–H groups in total. The van der Waals surface area contributed by atoms with Gasteiger partial charge in [0.05, 0.1) is 23.2 Å². The molecule has 0 saturated heterocycles. The number of aliphatic hydroxyl groups is 1. The minimum atomic E-state index is -4.09. The SMILES string of the molecule is Cc1sc(C(=O)c2cncnc2N[C@@H]2C[C@H](COS(N)(=O)=O)[C@@H](O)C2)cc1Sc1cccc(Cl)c1. The van der Waals surface area contributed by atoms with Gasteiger partial charge in [0.2, 0.25) is 5.78 Å². The lowest BCUT2D eigenvalue weighted by Crippen LogP contribution is -2.24. The first-order chi connectivity index (χ1) is 16.6. The molecule has 0 unspecified atom stereocenters. The number of benzene rings is 1. The molecule has 0 bridgehead atoms. The molecule has 3 aromatic rings. The zero-order valence-corrected chi connectivity index (χ0v) is 21.8. The van der Waals surface area contributed by atoms with Crippen molar-refractivity contribution in [2.24, 2.45) is 11.1 Å². The van der Waals surface area contributed by atoms with Gasteiger partial charge in [0.25, 0.3) is 0 Å². The van der Waals surface area contributed by atoms with Crippen LogP contribution in [0.3, 0.4) is 0 Å². The van der Waals surface area contributed by atoms with E-state index < -0.39 is 22.3 Å². The molecule has 1 saturated carbocycles. The normalized spacial score (nSPS) is 20.2. The highest BCUT2D eigenvalue weighted by Crippen LogP contribution is 2.37. The molecule has 35 heavy (non-hydrogen) atoms. The van der Waals surface area contributed by atoms with Gasteiger partial charge in [-0.2, -0.15) is 8.42 Å². The fourth-order valence-electron chi connectivity index (χ4n) is 3.85. The van der Waals surface area contributed by atoms with Crippen molar-refractivity contribution < 1.29 is 22.5 Å². The van der Waals surface area contributed by atoms with E-state index >= 15 is 0 Å². The molecule has 2 aromatic heterocycles. The largest absolute Gasteiger partial charge is 0.393 e. The summed E-state index contributed by atoms with van der Waals surface area (Å²) in [7, 11) is -4.09. The van der Waals surface area contributed by atoms with Gasteiger partial charge >= 0.3 is 10.3 Å². The van der Waals surface area contributed by atoms with Gasteiger partial charge < -0.3 is 10.4 Å². The van der Waals surface area contributed by atoms with Crippen molar-refractivity contribution in [2.45, 2.75) is 41.7 Å². The number of hydrogen-bond acceptors (Lipinski definition) is 10. The molecule has 13 heteroatoms. The van der Waals surface area contributed by atoms with Gasteiger partial charge in [-0.25, -0.2) is 15.1 Å². The van der Waals surface area contributed by atoms with E-state index in [4.69, 9.17) is 16.7 Å². The minimum absolute atomic E-state index is 0.213. The monoisotopic (exact) mass is 554 g/mol. The summed E-state index contributed by atoms with van der Waals surface area (Å²) in [5, 5.41) is 19.0. The van der Waals surface area contributed by atoms with Crippen LogP contribution in [0.5, 0.6) is 0 Å². The van der Waals surface area contributed by atoms with Gasteiger partial charge in [-0.15, -0.1) is 11.3 Å². The minimum Gasteiger partial charge on any atom is -0.393 e. The Morgan fingerprint density at radius 1 is 1.37 bits per heavy atom. The number of ketones is 1. The maximum absolute atomic E-state index is 13.4. The summed E-state index contributed by atoms with van der Waals surface area (Å²) in [6.45, 7) is 1.74. The van der Waals surface area contributed by atoms with Crippen molar-refractivity contribution in [3.63, 3.8) is 0 Å². The smallest absolute Gasteiger partial charge is 0.333 e. The number of thiophene rings is 1. The average molecular weight is 555 g/mol. The number of nitrogens with one attached hydrogen (secondary N) is 1. The van der Waals surface area contributed by atoms with Crippen LogP contribution in [0.25, 0.3) is 0 Å². The van der Waals surface area contributed by atoms with Crippen molar-refractivity contribution >= 4 is 56.6 Å². The van der Waals surface area contributed by atoms with Crippen LogP contribution in [0.15, 0.2) is 52.6 Å². The van der Waals surface area contributed by atoms with Crippen molar-refractivity contribution in [2.75, 3.05) is 11.9 Å². The molecule has 0 radical (unpaired) electrons. The van der Waals surface area contributed by atoms with Crippen molar-refractivity contribution in [3.8, 4) is 0 Å². The summed E-state index contributed by atoms with van der Waals surface area (Å²) in [5.74, 6) is -0.282. The molecule has 0 aliphatic heterocycles. The van der Waals surface area contributed by atoms with Gasteiger partial charge in [-0.1, -0.05) is 29.4 Å². The van der Waals surface area contributed by atoms with E-state index in [-0.39, 0.29) is 18.4 Å². The number of carbonyl (C=O) groups is 1. The molecule has 3 atom stereocenters. The molecule has 1 aliphatic rings. The first-order valence-corrected chi connectivity index (χ1v) is 14.1. The van der Waals surface area contributed by atoms with E-state index in [0.29, 0.717) is 34.1 Å². The highest BCUT2D eigenvalue weighted by atomic mass is 35.5. The zero-order chi connectivity index (χ0) is 25.2. The van der Waals surface area contributed by atoms with Gasteiger partial charge in [-0.05, 0) is 44.0 Å². The van der Waals surface area contributed by atoms with E-state index in [9.17, 15) is 18.3 Å². The van der Waals surface area contributed by atoms with Crippen LogP contribution < -0.4 is 10.5 Å². The van der Waals surface area contributed by atoms with Gasteiger partial charge in [0.15, 0.2) is 0 Å². The molecular weight excluding hydrogens is 532 g/mol. The number of halogens is 1. The van der Waals surface area contributed by atoms with Crippen molar-refractivity contribution in [1.29, 1.82) is 0 Å². The molecule has 0 spiro atoms. The number of aryl methyl sites for hydroxylation is 1. The second-order valence-corrected chi connectivity index (χ2v) is 12.2. The van der Waals surface area contributed by atoms with Crippen molar-refractivity contribution in [3.05, 3.63) is 63.2 Å². The Morgan fingerprint density at radius 3 is 2.91 bits per heavy atom. The van der Waals surface area contributed by atoms with Crippen LogP contribution >= 0.6 is 34.7 Å². The van der Waals surface area contributed by atoms with Gasteiger partial charge in [0, 0.05) is 37.8 Å². The maximum Gasteiger partial charge on any atom is 0.333 e.